The number of hydrogen-bond acceptors (Lipinski definition) is 10. The third-order valence-corrected chi connectivity index (χ3v) is 4.17. The number of aliphatic hydroxyl groups excluding tert-OH is 2. The van der Waals surface area contributed by atoms with Crippen LogP contribution in [0.15, 0.2) is 29.2 Å². The van der Waals surface area contributed by atoms with E-state index in [1.54, 1.807) is 18.7 Å². The first-order valence-electron chi connectivity index (χ1n) is 8.02. The highest BCUT2D eigenvalue weighted by Crippen LogP contribution is 2.19. The van der Waals surface area contributed by atoms with E-state index in [1.165, 1.54) is 24.3 Å². The number of nitrogens with one attached hydrogen (secondary N) is 1. The molecule has 0 aliphatic heterocycles. The van der Waals surface area contributed by atoms with Gasteiger partial charge >= 0.3 is 0 Å². The van der Waals surface area contributed by atoms with Crippen molar-refractivity contribution in [2.24, 2.45) is 0 Å². The van der Waals surface area contributed by atoms with E-state index < -0.39 is 22.3 Å². The van der Waals surface area contributed by atoms with Gasteiger partial charge in [0.15, 0.2) is 0 Å². The van der Waals surface area contributed by atoms with Gasteiger partial charge in [-0.3, -0.25) is 4.55 Å². The minimum absolute atomic E-state index is 0.0711. The van der Waals surface area contributed by atoms with Crippen molar-refractivity contribution in [3.05, 3.63) is 24.3 Å². The molecule has 2 atom stereocenters. The van der Waals surface area contributed by atoms with E-state index in [4.69, 9.17) is 10.3 Å². The fourth-order valence-electron chi connectivity index (χ4n) is 2.29. The molecule has 0 spiro atoms. The predicted molar refractivity (Wildman–Crippen MR) is 99.4 cm³/mol. The van der Waals surface area contributed by atoms with Crippen LogP contribution in [0.25, 0.3) is 0 Å². The molecular weight excluding hydrogens is 376 g/mol. The molecule has 0 fully saturated rings. The third-order valence-electron chi connectivity index (χ3n) is 3.30. The second-order valence-electron chi connectivity index (χ2n) is 6.04. The van der Waals surface area contributed by atoms with E-state index in [0.29, 0.717) is 5.69 Å². The summed E-state index contributed by atoms with van der Waals surface area (Å²) in [5, 5.41) is 22.2. The van der Waals surface area contributed by atoms with Gasteiger partial charge in [-0.2, -0.15) is 23.4 Å². The Bertz CT molecular complexity index is 863. The van der Waals surface area contributed by atoms with Gasteiger partial charge < -0.3 is 26.2 Å². The lowest BCUT2D eigenvalue weighted by Crippen LogP contribution is -2.37. The fraction of sp³-hybridized carbons (Fsp3) is 0.400. The summed E-state index contributed by atoms with van der Waals surface area (Å²) in [5.74, 6) is 0.192. The number of benzene rings is 1. The molecule has 0 bridgehead atoms. The molecule has 0 saturated carbocycles. The number of nitrogen functional groups attached to an aromatic ring is 1. The minimum atomic E-state index is -4.28. The second kappa shape index (κ2) is 8.43. The summed E-state index contributed by atoms with van der Waals surface area (Å²) >= 11 is 0. The molecule has 1 aromatic heterocycles. The van der Waals surface area contributed by atoms with Crippen LogP contribution in [0.1, 0.15) is 13.8 Å². The van der Waals surface area contributed by atoms with Gasteiger partial charge in [-0.05, 0) is 38.1 Å². The van der Waals surface area contributed by atoms with E-state index in [9.17, 15) is 18.6 Å². The average molecular weight is 398 g/mol. The number of aromatic nitrogens is 3. The van der Waals surface area contributed by atoms with Crippen LogP contribution in [-0.4, -0.2) is 63.4 Å². The number of anilines is 4. The number of nitrogens with zero attached hydrogens (tertiary/aromatic N) is 4. The zero-order chi connectivity index (χ0) is 20.2. The molecule has 1 heterocycles. The fourth-order valence-corrected chi connectivity index (χ4v) is 2.77. The SMILES string of the molecule is CC(O)CN(CC(C)O)c1nc(N)nc(Nc2ccc(S(=O)(=O)O)cc2)n1. The molecule has 11 nitrogen and oxygen atoms in total. The lowest BCUT2D eigenvalue weighted by molar-refractivity contribution is 0.177. The lowest BCUT2D eigenvalue weighted by Gasteiger charge is -2.25. The van der Waals surface area contributed by atoms with Crippen LogP contribution in [0.3, 0.4) is 0 Å². The molecule has 2 aromatic rings. The standard InChI is InChI=1S/C15H22N6O5S/c1-9(22)7-21(8-10(2)23)15-19-13(16)18-14(20-15)17-11-3-5-12(6-4-11)27(24,25)26/h3-6,9-10,22-23H,7-8H2,1-2H3,(H,24,25,26)(H3,16,17,18,19,20). The Balaban J connectivity index is 2.27. The van der Waals surface area contributed by atoms with Gasteiger partial charge in [-0.1, -0.05) is 0 Å². The third kappa shape index (κ3) is 6.29. The highest BCUT2D eigenvalue weighted by Gasteiger charge is 2.17. The second-order valence-corrected chi connectivity index (χ2v) is 7.47. The van der Waals surface area contributed by atoms with Crippen molar-refractivity contribution in [1.29, 1.82) is 0 Å². The zero-order valence-electron chi connectivity index (χ0n) is 14.8. The van der Waals surface area contributed by atoms with Gasteiger partial charge in [0.05, 0.1) is 17.1 Å². The Hall–Kier alpha value is -2.54. The van der Waals surface area contributed by atoms with Crippen molar-refractivity contribution in [3.8, 4) is 0 Å². The van der Waals surface area contributed by atoms with Crippen LogP contribution in [0.5, 0.6) is 0 Å². The van der Waals surface area contributed by atoms with Gasteiger partial charge in [0.1, 0.15) is 0 Å². The number of rotatable bonds is 8. The van der Waals surface area contributed by atoms with Crippen molar-refractivity contribution < 1.29 is 23.2 Å². The molecule has 2 unspecified atom stereocenters. The summed E-state index contributed by atoms with van der Waals surface area (Å²) in [4.78, 5) is 13.6. The summed E-state index contributed by atoms with van der Waals surface area (Å²) in [6, 6.07) is 5.28. The van der Waals surface area contributed by atoms with E-state index in [0.717, 1.165) is 0 Å². The molecule has 0 saturated heterocycles. The Kier molecular flexibility index (Phi) is 6.49. The molecule has 27 heavy (non-hydrogen) atoms. The normalized spacial score (nSPS) is 13.8. The quantitative estimate of drug-likeness (QED) is 0.379. The molecule has 148 valence electrons. The smallest absolute Gasteiger partial charge is 0.294 e. The zero-order valence-corrected chi connectivity index (χ0v) is 15.6. The van der Waals surface area contributed by atoms with Gasteiger partial charge in [0.25, 0.3) is 10.1 Å². The summed E-state index contributed by atoms with van der Waals surface area (Å²) in [7, 11) is -4.28. The number of hydrogen-bond donors (Lipinski definition) is 5. The highest BCUT2D eigenvalue weighted by atomic mass is 32.2. The Labute approximate surface area is 156 Å². The molecule has 0 aliphatic rings. The van der Waals surface area contributed by atoms with Crippen molar-refractivity contribution >= 4 is 33.7 Å². The average Bonchev–Trinajstić information content (AvgIpc) is 2.52. The van der Waals surface area contributed by atoms with E-state index in [1.807, 2.05) is 0 Å². The number of nitrogens with two attached hydrogens (primary N) is 1. The minimum Gasteiger partial charge on any atom is -0.392 e. The summed E-state index contributed by atoms with van der Waals surface area (Å²) in [6.45, 7) is 3.54. The molecule has 0 amide bonds. The van der Waals surface area contributed by atoms with Crippen molar-refractivity contribution in [1.82, 2.24) is 15.0 Å². The van der Waals surface area contributed by atoms with Gasteiger partial charge in [0.2, 0.25) is 17.8 Å². The van der Waals surface area contributed by atoms with Gasteiger partial charge in [-0.25, -0.2) is 0 Å². The van der Waals surface area contributed by atoms with E-state index >= 15 is 0 Å². The molecular formula is C15H22N6O5S. The van der Waals surface area contributed by atoms with Gasteiger partial charge in [0, 0.05) is 18.8 Å². The Morgan fingerprint density at radius 1 is 1.07 bits per heavy atom. The maximum Gasteiger partial charge on any atom is 0.294 e. The van der Waals surface area contributed by atoms with Crippen LogP contribution in [0, 0.1) is 0 Å². The highest BCUT2D eigenvalue weighted by molar-refractivity contribution is 7.85. The molecule has 1 aromatic carbocycles. The molecule has 6 N–H and O–H groups in total. The van der Waals surface area contributed by atoms with Crippen molar-refractivity contribution in [2.45, 2.75) is 31.0 Å². The predicted octanol–water partition coefficient (Wildman–Crippen LogP) is 0.0121. The summed E-state index contributed by atoms with van der Waals surface area (Å²) < 4.78 is 31.2. The first kappa shape index (κ1) is 20.8. The first-order chi connectivity index (χ1) is 12.5. The topological polar surface area (TPSA) is 175 Å². The molecule has 2 rings (SSSR count). The van der Waals surface area contributed by atoms with Crippen LogP contribution >= 0.6 is 0 Å². The molecule has 12 heteroatoms. The van der Waals surface area contributed by atoms with Crippen molar-refractivity contribution in [3.63, 3.8) is 0 Å². The number of aliphatic hydroxyl groups is 2. The largest absolute Gasteiger partial charge is 0.392 e. The molecule has 0 radical (unpaired) electrons. The first-order valence-corrected chi connectivity index (χ1v) is 9.46. The maximum atomic E-state index is 11.1. The summed E-state index contributed by atoms with van der Waals surface area (Å²) in [5.41, 5.74) is 6.18. The lowest BCUT2D eigenvalue weighted by atomic mass is 10.3. The van der Waals surface area contributed by atoms with Crippen LogP contribution in [0.4, 0.5) is 23.5 Å². The Morgan fingerprint density at radius 2 is 1.63 bits per heavy atom. The molecule has 0 aliphatic carbocycles. The van der Waals surface area contributed by atoms with E-state index in [-0.39, 0.29) is 35.8 Å². The van der Waals surface area contributed by atoms with Crippen LogP contribution in [-0.2, 0) is 10.1 Å². The van der Waals surface area contributed by atoms with Gasteiger partial charge in [-0.15, -0.1) is 0 Å². The van der Waals surface area contributed by atoms with Crippen LogP contribution < -0.4 is 16.0 Å². The maximum absolute atomic E-state index is 11.1. The monoisotopic (exact) mass is 398 g/mol. The van der Waals surface area contributed by atoms with Crippen LogP contribution in [0.2, 0.25) is 0 Å². The summed E-state index contributed by atoms with van der Waals surface area (Å²) in [6.07, 6.45) is -1.38. The Morgan fingerprint density at radius 3 is 2.11 bits per heavy atom. The van der Waals surface area contributed by atoms with Crippen molar-refractivity contribution in [2.75, 3.05) is 29.0 Å². The van der Waals surface area contributed by atoms with E-state index in [2.05, 4.69) is 20.3 Å².